The van der Waals surface area contributed by atoms with Gasteiger partial charge in [-0.15, -0.1) is 0 Å². The number of hydrogen-bond acceptors (Lipinski definition) is 5. The quantitative estimate of drug-likeness (QED) is 0.554. The minimum atomic E-state index is -0.101. The Morgan fingerprint density at radius 3 is 2.40 bits per heavy atom. The Labute approximate surface area is 209 Å². The summed E-state index contributed by atoms with van der Waals surface area (Å²) >= 11 is 0. The minimum Gasteiger partial charge on any atom is -0.493 e. The van der Waals surface area contributed by atoms with Crippen LogP contribution in [0.15, 0.2) is 42.5 Å². The first-order valence-electron chi connectivity index (χ1n) is 12.3. The van der Waals surface area contributed by atoms with Crippen LogP contribution in [0.25, 0.3) is 0 Å². The van der Waals surface area contributed by atoms with E-state index in [1.165, 1.54) is 0 Å². The standard InChI is InChI=1S/C28H39N3O4/c1-28(2,3)17-26(32)30-21-10-8-9-19(15-21)18-31(23-12-7-6-11-22(23)29)27(33)20-13-14-24(34-4)25(16-20)35-5/h8-10,13-16,22-23H,6-7,11-12,17-18,29H2,1-5H3,(H,30,32). The number of methoxy groups -OCH3 is 2. The molecule has 3 rings (SSSR count). The number of nitrogens with two attached hydrogens (primary N) is 1. The molecule has 2 unspecified atom stereocenters. The highest BCUT2D eigenvalue weighted by Crippen LogP contribution is 2.31. The third-order valence-corrected chi connectivity index (χ3v) is 6.33. The molecule has 0 radical (unpaired) electrons. The zero-order valence-electron chi connectivity index (χ0n) is 21.6. The number of carbonyl (C=O) groups excluding carboxylic acids is 2. The Balaban J connectivity index is 1.87. The molecular formula is C28H39N3O4. The molecular weight excluding hydrogens is 442 g/mol. The van der Waals surface area contributed by atoms with Crippen molar-refractivity contribution in [2.24, 2.45) is 11.1 Å². The molecule has 190 valence electrons. The van der Waals surface area contributed by atoms with Crippen molar-refractivity contribution in [2.45, 2.75) is 71.5 Å². The van der Waals surface area contributed by atoms with Crippen molar-refractivity contribution in [3.8, 4) is 11.5 Å². The number of benzene rings is 2. The lowest BCUT2D eigenvalue weighted by atomic mass is 9.89. The summed E-state index contributed by atoms with van der Waals surface area (Å²) in [4.78, 5) is 28.1. The highest BCUT2D eigenvalue weighted by atomic mass is 16.5. The van der Waals surface area contributed by atoms with E-state index in [2.05, 4.69) is 5.32 Å². The molecule has 1 saturated carbocycles. The van der Waals surface area contributed by atoms with Gasteiger partial charge in [0.2, 0.25) is 5.91 Å². The van der Waals surface area contributed by atoms with Gasteiger partial charge < -0.3 is 25.4 Å². The molecule has 7 nitrogen and oxygen atoms in total. The number of nitrogens with one attached hydrogen (secondary N) is 1. The third kappa shape index (κ3) is 7.21. The summed E-state index contributed by atoms with van der Waals surface area (Å²) in [6, 6.07) is 12.8. The van der Waals surface area contributed by atoms with Crippen LogP contribution in [0.3, 0.4) is 0 Å². The second-order valence-corrected chi connectivity index (χ2v) is 10.5. The van der Waals surface area contributed by atoms with Gasteiger partial charge in [0, 0.05) is 36.3 Å². The molecule has 1 aliphatic carbocycles. The predicted molar refractivity (Wildman–Crippen MR) is 139 cm³/mol. The van der Waals surface area contributed by atoms with E-state index < -0.39 is 0 Å². The van der Waals surface area contributed by atoms with Crippen LogP contribution in [0, 0.1) is 5.41 Å². The van der Waals surface area contributed by atoms with Crippen LogP contribution in [0.4, 0.5) is 5.69 Å². The molecule has 0 spiro atoms. The maximum atomic E-state index is 13.8. The Bertz CT molecular complexity index is 1030. The van der Waals surface area contributed by atoms with E-state index in [-0.39, 0.29) is 29.3 Å². The molecule has 2 atom stereocenters. The molecule has 0 aliphatic heterocycles. The average molecular weight is 482 g/mol. The summed E-state index contributed by atoms with van der Waals surface area (Å²) in [5.41, 5.74) is 8.60. The van der Waals surface area contributed by atoms with Gasteiger partial charge in [-0.05, 0) is 54.2 Å². The number of nitrogens with zero attached hydrogens (tertiary/aromatic N) is 1. The molecule has 2 aromatic rings. The number of hydrogen-bond donors (Lipinski definition) is 2. The van der Waals surface area contributed by atoms with E-state index in [0.29, 0.717) is 30.0 Å². The monoisotopic (exact) mass is 481 g/mol. The van der Waals surface area contributed by atoms with E-state index >= 15 is 0 Å². The molecule has 2 aromatic carbocycles. The molecule has 2 amide bonds. The predicted octanol–water partition coefficient (Wildman–Crippen LogP) is 4.99. The smallest absolute Gasteiger partial charge is 0.254 e. The van der Waals surface area contributed by atoms with Gasteiger partial charge in [-0.1, -0.05) is 45.7 Å². The van der Waals surface area contributed by atoms with Crippen LogP contribution in [0.1, 0.15) is 68.8 Å². The number of amides is 2. The van der Waals surface area contributed by atoms with Crippen molar-refractivity contribution in [2.75, 3.05) is 19.5 Å². The third-order valence-electron chi connectivity index (χ3n) is 6.33. The van der Waals surface area contributed by atoms with Crippen LogP contribution in [-0.4, -0.2) is 43.0 Å². The van der Waals surface area contributed by atoms with Crippen molar-refractivity contribution in [3.63, 3.8) is 0 Å². The lowest BCUT2D eigenvalue weighted by molar-refractivity contribution is -0.117. The zero-order chi connectivity index (χ0) is 25.6. The van der Waals surface area contributed by atoms with Crippen LogP contribution in [-0.2, 0) is 11.3 Å². The van der Waals surface area contributed by atoms with E-state index in [0.717, 1.165) is 36.9 Å². The molecule has 35 heavy (non-hydrogen) atoms. The first kappa shape index (κ1) is 26.5. The lowest BCUT2D eigenvalue weighted by Crippen LogP contribution is -2.51. The fraction of sp³-hybridized carbons (Fsp3) is 0.500. The van der Waals surface area contributed by atoms with Gasteiger partial charge in [-0.25, -0.2) is 0 Å². The summed E-state index contributed by atoms with van der Waals surface area (Å²) in [6.07, 6.45) is 4.30. The highest BCUT2D eigenvalue weighted by molar-refractivity contribution is 5.95. The fourth-order valence-corrected chi connectivity index (χ4v) is 4.63. The van der Waals surface area contributed by atoms with Crippen molar-refractivity contribution in [3.05, 3.63) is 53.6 Å². The summed E-state index contributed by atoms with van der Waals surface area (Å²) in [5, 5.41) is 2.99. The molecule has 0 heterocycles. The fourth-order valence-electron chi connectivity index (χ4n) is 4.63. The summed E-state index contributed by atoms with van der Waals surface area (Å²) in [6.45, 7) is 6.50. The first-order chi connectivity index (χ1) is 16.6. The topological polar surface area (TPSA) is 93.9 Å². The van der Waals surface area contributed by atoms with Gasteiger partial charge in [0.1, 0.15) is 0 Å². The van der Waals surface area contributed by atoms with E-state index in [1.807, 2.05) is 49.9 Å². The van der Waals surface area contributed by atoms with Crippen LogP contribution < -0.4 is 20.5 Å². The van der Waals surface area contributed by atoms with E-state index in [1.54, 1.807) is 32.4 Å². The summed E-state index contributed by atoms with van der Waals surface area (Å²) in [5.74, 6) is 0.955. The van der Waals surface area contributed by atoms with Crippen molar-refractivity contribution >= 4 is 17.5 Å². The van der Waals surface area contributed by atoms with Gasteiger partial charge in [-0.3, -0.25) is 9.59 Å². The van der Waals surface area contributed by atoms with Gasteiger partial charge in [0.05, 0.1) is 14.2 Å². The Kier molecular flexibility index (Phi) is 8.78. The maximum Gasteiger partial charge on any atom is 0.254 e. The minimum absolute atomic E-state index is 0.0257. The van der Waals surface area contributed by atoms with Gasteiger partial charge in [0.15, 0.2) is 11.5 Å². The second-order valence-electron chi connectivity index (χ2n) is 10.5. The van der Waals surface area contributed by atoms with Crippen molar-refractivity contribution < 1.29 is 19.1 Å². The SMILES string of the molecule is COc1ccc(C(=O)N(Cc2cccc(NC(=O)CC(C)(C)C)c2)C2CCCCC2N)cc1OC. The summed E-state index contributed by atoms with van der Waals surface area (Å²) in [7, 11) is 3.13. The largest absolute Gasteiger partial charge is 0.493 e. The van der Waals surface area contributed by atoms with Crippen molar-refractivity contribution in [1.82, 2.24) is 4.90 Å². The van der Waals surface area contributed by atoms with Crippen LogP contribution in [0.2, 0.25) is 0 Å². The zero-order valence-corrected chi connectivity index (χ0v) is 21.6. The molecule has 1 aliphatic rings. The normalized spacial score (nSPS) is 18.0. The molecule has 0 aromatic heterocycles. The first-order valence-corrected chi connectivity index (χ1v) is 12.3. The average Bonchev–Trinajstić information content (AvgIpc) is 2.81. The number of anilines is 1. The molecule has 0 bridgehead atoms. The molecule has 1 fully saturated rings. The molecule has 3 N–H and O–H groups in total. The Morgan fingerprint density at radius 2 is 1.74 bits per heavy atom. The van der Waals surface area contributed by atoms with Crippen molar-refractivity contribution in [1.29, 1.82) is 0 Å². The lowest BCUT2D eigenvalue weighted by Gasteiger charge is -2.38. The van der Waals surface area contributed by atoms with Gasteiger partial charge in [-0.2, -0.15) is 0 Å². The molecule has 0 saturated heterocycles. The number of rotatable bonds is 8. The van der Waals surface area contributed by atoms with E-state index in [4.69, 9.17) is 15.2 Å². The molecule has 7 heteroatoms. The Hall–Kier alpha value is -3.06. The highest BCUT2D eigenvalue weighted by Gasteiger charge is 2.32. The number of ether oxygens (including phenoxy) is 2. The summed E-state index contributed by atoms with van der Waals surface area (Å²) < 4.78 is 10.7. The van der Waals surface area contributed by atoms with Crippen LogP contribution in [0.5, 0.6) is 11.5 Å². The number of carbonyl (C=O) groups is 2. The maximum absolute atomic E-state index is 13.8. The van der Waals surface area contributed by atoms with E-state index in [9.17, 15) is 9.59 Å². The second kappa shape index (κ2) is 11.6. The van der Waals surface area contributed by atoms with Crippen LogP contribution >= 0.6 is 0 Å². The van der Waals surface area contributed by atoms with Gasteiger partial charge in [0.25, 0.3) is 5.91 Å². The Morgan fingerprint density at radius 1 is 1.03 bits per heavy atom. The van der Waals surface area contributed by atoms with Gasteiger partial charge >= 0.3 is 0 Å².